The third-order valence-corrected chi connectivity index (χ3v) is 4.45. The van der Waals surface area contributed by atoms with Crippen molar-refractivity contribution < 1.29 is 9.53 Å². The van der Waals surface area contributed by atoms with Crippen molar-refractivity contribution in [2.45, 2.75) is 32.3 Å². The second-order valence-electron chi connectivity index (χ2n) is 6.36. The number of rotatable bonds is 6. The lowest BCUT2D eigenvalue weighted by molar-refractivity contribution is 0.0528. The normalized spacial score (nSPS) is 17.0. The number of amides is 1. The van der Waals surface area contributed by atoms with Gasteiger partial charge in [-0.3, -0.25) is 9.78 Å². The molecule has 1 atom stereocenters. The zero-order valence-corrected chi connectivity index (χ0v) is 14.1. The molecule has 1 aromatic heterocycles. The Bertz CT molecular complexity index is 649. The highest BCUT2D eigenvalue weighted by molar-refractivity contribution is 5.94. The van der Waals surface area contributed by atoms with Crippen LogP contribution in [-0.2, 0) is 11.2 Å². The summed E-state index contributed by atoms with van der Waals surface area (Å²) in [5, 5.41) is 0. The van der Waals surface area contributed by atoms with E-state index in [0.29, 0.717) is 18.7 Å². The van der Waals surface area contributed by atoms with Crippen LogP contribution in [0.25, 0.3) is 0 Å². The Morgan fingerprint density at radius 1 is 1.21 bits per heavy atom. The fourth-order valence-corrected chi connectivity index (χ4v) is 3.01. The van der Waals surface area contributed by atoms with E-state index in [4.69, 9.17) is 4.74 Å². The van der Waals surface area contributed by atoms with Gasteiger partial charge in [-0.05, 0) is 43.9 Å². The van der Waals surface area contributed by atoms with Gasteiger partial charge in [0.05, 0.1) is 6.10 Å². The average Bonchev–Trinajstić information content (AvgIpc) is 3.13. The molecule has 1 saturated heterocycles. The quantitative estimate of drug-likeness (QED) is 0.819. The molecule has 2 aromatic rings. The lowest BCUT2D eigenvalue weighted by atomic mass is 10.1. The summed E-state index contributed by atoms with van der Waals surface area (Å²) in [7, 11) is 0. The molecule has 0 N–H and O–H groups in total. The number of pyridine rings is 1. The first-order valence-corrected chi connectivity index (χ1v) is 8.59. The van der Waals surface area contributed by atoms with E-state index < -0.39 is 0 Å². The first-order chi connectivity index (χ1) is 11.7. The molecule has 1 fully saturated rings. The highest BCUT2D eigenvalue weighted by atomic mass is 16.5. The molecule has 4 heteroatoms. The molecule has 0 aliphatic carbocycles. The molecule has 1 aliphatic rings. The molecule has 1 aliphatic heterocycles. The SMILES string of the molecule is Cc1ccc(CCN(C[C@H]2CCCO2)C(=O)c2ccncc2)cc1. The van der Waals surface area contributed by atoms with E-state index in [2.05, 4.69) is 36.2 Å². The van der Waals surface area contributed by atoms with Crippen LogP contribution in [0.3, 0.4) is 0 Å². The number of nitrogens with zero attached hydrogens (tertiary/aromatic N) is 2. The summed E-state index contributed by atoms with van der Waals surface area (Å²) in [5.41, 5.74) is 3.19. The molecule has 1 amide bonds. The van der Waals surface area contributed by atoms with Gasteiger partial charge in [-0.25, -0.2) is 0 Å². The number of ether oxygens (including phenoxy) is 1. The third kappa shape index (κ3) is 4.42. The molecular formula is C20H24N2O2. The van der Waals surface area contributed by atoms with E-state index in [9.17, 15) is 4.79 Å². The monoisotopic (exact) mass is 324 g/mol. The Morgan fingerprint density at radius 2 is 1.96 bits per heavy atom. The third-order valence-electron chi connectivity index (χ3n) is 4.45. The number of carbonyl (C=O) groups is 1. The molecule has 126 valence electrons. The van der Waals surface area contributed by atoms with Crippen LogP contribution in [-0.4, -0.2) is 41.6 Å². The Labute approximate surface area is 143 Å². The number of hydrogen-bond acceptors (Lipinski definition) is 3. The van der Waals surface area contributed by atoms with Crippen LogP contribution >= 0.6 is 0 Å². The molecule has 0 unspecified atom stereocenters. The number of hydrogen-bond donors (Lipinski definition) is 0. The molecular weight excluding hydrogens is 300 g/mol. The highest BCUT2D eigenvalue weighted by Crippen LogP contribution is 2.16. The summed E-state index contributed by atoms with van der Waals surface area (Å²) in [4.78, 5) is 18.8. The van der Waals surface area contributed by atoms with Crippen molar-refractivity contribution in [3.05, 3.63) is 65.5 Å². The maximum Gasteiger partial charge on any atom is 0.254 e. The van der Waals surface area contributed by atoms with Gasteiger partial charge in [0.25, 0.3) is 5.91 Å². The summed E-state index contributed by atoms with van der Waals surface area (Å²) in [6.07, 6.45) is 6.46. The van der Waals surface area contributed by atoms with Crippen molar-refractivity contribution in [1.82, 2.24) is 9.88 Å². The smallest absolute Gasteiger partial charge is 0.254 e. The summed E-state index contributed by atoms with van der Waals surface area (Å²) in [6, 6.07) is 12.1. The van der Waals surface area contributed by atoms with Crippen LogP contribution in [0.4, 0.5) is 0 Å². The largest absolute Gasteiger partial charge is 0.376 e. The van der Waals surface area contributed by atoms with Crippen LogP contribution < -0.4 is 0 Å². The molecule has 2 heterocycles. The summed E-state index contributed by atoms with van der Waals surface area (Å²) < 4.78 is 5.73. The Kier molecular flexibility index (Phi) is 5.59. The van der Waals surface area contributed by atoms with Crippen molar-refractivity contribution in [1.29, 1.82) is 0 Å². The summed E-state index contributed by atoms with van der Waals surface area (Å²) >= 11 is 0. The molecule has 1 aromatic carbocycles. The maximum atomic E-state index is 12.9. The fraction of sp³-hybridized carbons (Fsp3) is 0.400. The first-order valence-electron chi connectivity index (χ1n) is 8.59. The molecule has 3 rings (SSSR count). The standard InChI is InChI=1S/C20H24N2O2/c1-16-4-6-17(7-5-16)10-13-22(15-19-3-2-14-24-19)20(23)18-8-11-21-12-9-18/h4-9,11-12,19H,2-3,10,13-15H2,1H3/t19-/m1/s1. The lowest BCUT2D eigenvalue weighted by Gasteiger charge is -2.25. The van der Waals surface area contributed by atoms with E-state index in [0.717, 1.165) is 25.9 Å². The summed E-state index contributed by atoms with van der Waals surface area (Å²) in [6.45, 7) is 4.25. The van der Waals surface area contributed by atoms with Gasteiger partial charge in [-0.15, -0.1) is 0 Å². The van der Waals surface area contributed by atoms with Gasteiger partial charge in [0.1, 0.15) is 0 Å². The van der Waals surface area contributed by atoms with E-state index in [1.165, 1.54) is 11.1 Å². The molecule has 0 spiro atoms. The Hall–Kier alpha value is -2.20. The van der Waals surface area contributed by atoms with Crippen LogP contribution in [0.1, 0.15) is 34.3 Å². The molecule has 0 bridgehead atoms. The number of carbonyl (C=O) groups excluding carboxylic acids is 1. The van der Waals surface area contributed by atoms with Gasteiger partial charge in [-0.1, -0.05) is 29.8 Å². The topological polar surface area (TPSA) is 42.4 Å². The second-order valence-corrected chi connectivity index (χ2v) is 6.36. The molecule has 4 nitrogen and oxygen atoms in total. The van der Waals surface area contributed by atoms with Gasteiger partial charge in [0.2, 0.25) is 0 Å². The molecule has 24 heavy (non-hydrogen) atoms. The zero-order valence-electron chi connectivity index (χ0n) is 14.1. The van der Waals surface area contributed by atoms with Gasteiger partial charge >= 0.3 is 0 Å². The predicted octanol–water partition coefficient (Wildman–Crippen LogP) is 3.25. The van der Waals surface area contributed by atoms with Crippen molar-refractivity contribution in [2.24, 2.45) is 0 Å². The maximum absolute atomic E-state index is 12.9. The highest BCUT2D eigenvalue weighted by Gasteiger charge is 2.23. The van der Waals surface area contributed by atoms with Crippen LogP contribution in [0.5, 0.6) is 0 Å². The van der Waals surface area contributed by atoms with Crippen LogP contribution in [0.2, 0.25) is 0 Å². The van der Waals surface area contributed by atoms with Crippen LogP contribution in [0, 0.1) is 6.92 Å². The van der Waals surface area contributed by atoms with Gasteiger partial charge in [-0.2, -0.15) is 0 Å². The Morgan fingerprint density at radius 3 is 2.62 bits per heavy atom. The fourth-order valence-electron chi connectivity index (χ4n) is 3.01. The molecule has 0 saturated carbocycles. The van der Waals surface area contributed by atoms with Crippen molar-refractivity contribution in [3.8, 4) is 0 Å². The average molecular weight is 324 g/mol. The van der Waals surface area contributed by atoms with Gasteiger partial charge in [0, 0.05) is 37.7 Å². The van der Waals surface area contributed by atoms with E-state index in [1.807, 2.05) is 4.90 Å². The minimum atomic E-state index is 0.0556. The van der Waals surface area contributed by atoms with Crippen LogP contribution in [0.15, 0.2) is 48.8 Å². The Balaban J connectivity index is 1.68. The molecule has 0 radical (unpaired) electrons. The van der Waals surface area contributed by atoms with Crippen molar-refractivity contribution in [2.75, 3.05) is 19.7 Å². The van der Waals surface area contributed by atoms with Crippen molar-refractivity contribution in [3.63, 3.8) is 0 Å². The van der Waals surface area contributed by atoms with Gasteiger partial charge < -0.3 is 9.64 Å². The number of aromatic nitrogens is 1. The lowest BCUT2D eigenvalue weighted by Crippen LogP contribution is -2.38. The second kappa shape index (κ2) is 8.06. The van der Waals surface area contributed by atoms with Gasteiger partial charge in [0.15, 0.2) is 0 Å². The van der Waals surface area contributed by atoms with E-state index >= 15 is 0 Å². The van der Waals surface area contributed by atoms with E-state index in [1.54, 1.807) is 24.5 Å². The predicted molar refractivity (Wildman–Crippen MR) is 94.0 cm³/mol. The number of aryl methyl sites for hydroxylation is 1. The summed E-state index contributed by atoms with van der Waals surface area (Å²) in [5.74, 6) is 0.0556. The minimum absolute atomic E-state index is 0.0556. The van der Waals surface area contributed by atoms with E-state index in [-0.39, 0.29) is 12.0 Å². The first kappa shape index (κ1) is 16.7. The zero-order chi connectivity index (χ0) is 16.8. The van der Waals surface area contributed by atoms with Crippen molar-refractivity contribution >= 4 is 5.91 Å². The minimum Gasteiger partial charge on any atom is -0.376 e. The number of benzene rings is 1.